The van der Waals surface area contributed by atoms with E-state index in [9.17, 15) is 18.0 Å². The molecule has 3 heterocycles. The summed E-state index contributed by atoms with van der Waals surface area (Å²) >= 11 is 0. The molecule has 0 aromatic carbocycles. The molecular formula is C15H21F3N4O3. The lowest BCUT2D eigenvalue weighted by Crippen LogP contribution is -2.51. The molecule has 0 N–H and O–H groups in total. The number of likely N-dealkylation sites (N-methyl/N-ethyl adjacent to an activating group) is 1. The number of likely N-dealkylation sites (tertiary alicyclic amines) is 1. The number of nitrogens with zero attached hydrogens (tertiary/aromatic N) is 4. The molecule has 7 nitrogen and oxygen atoms in total. The van der Waals surface area contributed by atoms with Crippen molar-refractivity contribution in [3.05, 3.63) is 11.8 Å². The second-order valence-electron chi connectivity index (χ2n) is 6.49. The average molecular weight is 362 g/mol. The van der Waals surface area contributed by atoms with E-state index in [0.717, 1.165) is 19.4 Å². The van der Waals surface area contributed by atoms with Crippen LogP contribution in [0.5, 0.6) is 0 Å². The molecule has 1 aromatic heterocycles. The summed E-state index contributed by atoms with van der Waals surface area (Å²) in [5.74, 6) is -0.586. The molecular weight excluding hydrogens is 341 g/mol. The molecule has 1 amide bonds. The minimum Gasteiger partial charge on any atom is -0.423 e. The van der Waals surface area contributed by atoms with Gasteiger partial charge in [0.15, 0.2) is 0 Å². The monoisotopic (exact) mass is 362 g/mol. The molecule has 0 bridgehead atoms. The van der Waals surface area contributed by atoms with Gasteiger partial charge < -0.3 is 19.0 Å². The highest BCUT2D eigenvalue weighted by Gasteiger charge is 2.38. The van der Waals surface area contributed by atoms with Gasteiger partial charge in [0.05, 0.1) is 6.61 Å². The fraction of sp³-hybridized carbons (Fsp3) is 0.800. The molecule has 2 saturated heterocycles. The number of carbonyl (C=O) groups excluding carboxylic acids is 1. The van der Waals surface area contributed by atoms with E-state index < -0.39 is 30.6 Å². The number of hydrogen-bond donors (Lipinski definition) is 0. The number of piperidine rings is 1. The van der Waals surface area contributed by atoms with E-state index in [2.05, 4.69) is 10.2 Å². The number of aromatic nitrogens is 2. The Balaban J connectivity index is 1.73. The predicted octanol–water partition coefficient (Wildman–Crippen LogP) is 1.56. The third-order valence-corrected chi connectivity index (χ3v) is 4.45. The van der Waals surface area contributed by atoms with Crippen molar-refractivity contribution in [3.8, 4) is 0 Å². The molecule has 2 aliphatic rings. The summed E-state index contributed by atoms with van der Waals surface area (Å²) < 4.78 is 48.2. The van der Waals surface area contributed by atoms with Crippen molar-refractivity contribution < 1.29 is 27.1 Å². The number of morpholine rings is 1. The van der Waals surface area contributed by atoms with Crippen LogP contribution in [0.4, 0.5) is 13.2 Å². The Hall–Kier alpha value is -1.68. The number of alkyl halides is 3. The molecule has 140 valence electrons. The summed E-state index contributed by atoms with van der Waals surface area (Å²) in [6.45, 7) is 2.23. The first-order valence-electron chi connectivity index (χ1n) is 8.33. The van der Waals surface area contributed by atoms with Gasteiger partial charge in [0.1, 0.15) is 18.6 Å². The molecule has 2 aliphatic heterocycles. The largest absolute Gasteiger partial charge is 0.423 e. The molecule has 2 fully saturated rings. The number of halogens is 3. The van der Waals surface area contributed by atoms with Crippen LogP contribution < -0.4 is 0 Å². The SMILES string of the molecule is CN1CCO[C@H](C(=O)N2CCCC[C@@H]2c2nnc(CC(F)(F)F)o2)C1. The van der Waals surface area contributed by atoms with E-state index in [1.807, 2.05) is 11.9 Å². The highest BCUT2D eigenvalue weighted by atomic mass is 19.4. The molecule has 0 spiro atoms. The predicted molar refractivity (Wildman–Crippen MR) is 79.6 cm³/mol. The van der Waals surface area contributed by atoms with E-state index in [0.29, 0.717) is 26.1 Å². The zero-order valence-corrected chi connectivity index (χ0v) is 14.0. The van der Waals surface area contributed by atoms with Crippen molar-refractivity contribution in [2.24, 2.45) is 0 Å². The quantitative estimate of drug-likeness (QED) is 0.813. The minimum atomic E-state index is -4.41. The zero-order chi connectivity index (χ0) is 18.0. The summed E-state index contributed by atoms with van der Waals surface area (Å²) in [5.41, 5.74) is 0. The van der Waals surface area contributed by atoms with Crippen molar-refractivity contribution >= 4 is 5.91 Å². The van der Waals surface area contributed by atoms with Gasteiger partial charge in [0, 0.05) is 19.6 Å². The molecule has 3 rings (SSSR count). The first-order valence-corrected chi connectivity index (χ1v) is 8.33. The summed E-state index contributed by atoms with van der Waals surface area (Å²) in [4.78, 5) is 16.4. The molecule has 10 heteroatoms. The smallest absolute Gasteiger partial charge is 0.397 e. The van der Waals surface area contributed by atoms with Gasteiger partial charge in [0.25, 0.3) is 5.91 Å². The number of carbonyl (C=O) groups is 1. The molecule has 0 unspecified atom stereocenters. The van der Waals surface area contributed by atoms with Crippen molar-refractivity contribution in [1.82, 2.24) is 20.0 Å². The van der Waals surface area contributed by atoms with Crippen LogP contribution in [-0.2, 0) is 16.0 Å². The summed E-state index contributed by atoms with van der Waals surface area (Å²) in [6, 6.07) is -0.494. The lowest BCUT2D eigenvalue weighted by molar-refractivity contribution is -0.153. The zero-order valence-electron chi connectivity index (χ0n) is 14.0. The Labute approximate surface area is 143 Å². The molecule has 0 saturated carbocycles. The van der Waals surface area contributed by atoms with E-state index >= 15 is 0 Å². The fourth-order valence-corrected chi connectivity index (χ4v) is 3.21. The van der Waals surface area contributed by atoms with Crippen LogP contribution in [0.3, 0.4) is 0 Å². The minimum absolute atomic E-state index is 0.0662. The van der Waals surface area contributed by atoms with Crippen LogP contribution >= 0.6 is 0 Å². The summed E-state index contributed by atoms with van der Waals surface area (Å²) in [5, 5.41) is 7.24. The van der Waals surface area contributed by atoms with Gasteiger partial charge in [0.2, 0.25) is 11.8 Å². The number of rotatable bonds is 3. The second-order valence-corrected chi connectivity index (χ2v) is 6.49. The van der Waals surface area contributed by atoms with Crippen molar-refractivity contribution in [2.45, 2.75) is 44.0 Å². The van der Waals surface area contributed by atoms with Crippen LogP contribution in [-0.4, -0.2) is 71.5 Å². The van der Waals surface area contributed by atoms with Gasteiger partial charge in [-0.25, -0.2) is 0 Å². The van der Waals surface area contributed by atoms with E-state index in [-0.39, 0.29) is 11.8 Å². The topological polar surface area (TPSA) is 71.7 Å². The van der Waals surface area contributed by atoms with E-state index in [4.69, 9.17) is 9.15 Å². The van der Waals surface area contributed by atoms with Gasteiger partial charge in [-0.2, -0.15) is 13.2 Å². The first-order chi connectivity index (χ1) is 11.8. The maximum absolute atomic E-state index is 12.8. The van der Waals surface area contributed by atoms with Gasteiger partial charge >= 0.3 is 6.18 Å². The third kappa shape index (κ3) is 4.49. The maximum Gasteiger partial charge on any atom is 0.397 e. The number of ether oxygens (including phenoxy) is 1. The Bertz CT molecular complexity index is 607. The lowest BCUT2D eigenvalue weighted by Gasteiger charge is -2.38. The lowest BCUT2D eigenvalue weighted by atomic mass is 10.0. The van der Waals surface area contributed by atoms with E-state index in [1.165, 1.54) is 0 Å². The standard InChI is InChI=1S/C15H21F3N4O3/c1-21-6-7-24-11(9-21)14(23)22-5-3-2-4-10(22)13-20-19-12(25-13)8-15(16,17)18/h10-11H,2-9H2,1H3/t10-,11+/m1/s1. The Morgan fingerprint density at radius 1 is 1.28 bits per heavy atom. The fourth-order valence-electron chi connectivity index (χ4n) is 3.21. The first kappa shape index (κ1) is 18.1. The highest BCUT2D eigenvalue weighted by molar-refractivity contribution is 5.81. The normalized spacial score (nSPS) is 26.0. The second kappa shape index (κ2) is 7.28. The molecule has 2 atom stereocenters. The summed E-state index contributed by atoms with van der Waals surface area (Å²) in [6.07, 6.45) is -3.99. The molecule has 0 aliphatic carbocycles. The van der Waals surface area contributed by atoms with Crippen LogP contribution in [0.15, 0.2) is 4.42 Å². The Morgan fingerprint density at radius 3 is 2.80 bits per heavy atom. The van der Waals surface area contributed by atoms with Gasteiger partial charge in [-0.15, -0.1) is 10.2 Å². The summed E-state index contributed by atoms with van der Waals surface area (Å²) in [7, 11) is 1.91. The van der Waals surface area contributed by atoms with Crippen molar-refractivity contribution in [3.63, 3.8) is 0 Å². The number of hydrogen-bond acceptors (Lipinski definition) is 6. The van der Waals surface area contributed by atoms with Gasteiger partial charge in [-0.3, -0.25) is 4.79 Å². The number of amides is 1. The van der Waals surface area contributed by atoms with Gasteiger partial charge in [-0.1, -0.05) is 0 Å². The van der Waals surface area contributed by atoms with Crippen LogP contribution in [0.1, 0.15) is 37.1 Å². The van der Waals surface area contributed by atoms with Crippen LogP contribution in [0.2, 0.25) is 0 Å². The highest BCUT2D eigenvalue weighted by Crippen LogP contribution is 2.32. The Kier molecular flexibility index (Phi) is 5.28. The maximum atomic E-state index is 12.8. The van der Waals surface area contributed by atoms with E-state index in [1.54, 1.807) is 4.90 Å². The average Bonchev–Trinajstić information content (AvgIpc) is 3.00. The third-order valence-electron chi connectivity index (χ3n) is 4.45. The van der Waals surface area contributed by atoms with Gasteiger partial charge in [-0.05, 0) is 26.3 Å². The Morgan fingerprint density at radius 2 is 2.08 bits per heavy atom. The van der Waals surface area contributed by atoms with Crippen LogP contribution in [0, 0.1) is 0 Å². The molecule has 1 aromatic rings. The van der Waals surface area contributed by atoms with Crippen molar-refractivity contribution in [1.29, 1.82) is 0 Å². The molecule has 25 heavy (non-hydrogen) atoms. The molecule has 0 radical (unpaired) electrons. The van der Waals surface area contributed by atoms with Crippen molar-refractivity contribution in [2.75, 3.05) is 33.3 Å². The van der Waals surface area contributed by atoms with Crippen LogP contribution in [0.25, 0.3) is 0 Å².